The van der Waals surface area contributed by atoms with E-state index >= 15 is 0 Å². The zero-order chi connectivity index (χ0) is 7.11. The predicted molar refractivity (Wildman–Crippen MR) is 35.0 cm³/mol. The lowest BCUT2D eigenvalue weighted by Gasteiger charge is -1.99. The van der Waals surface area contributed by atoms with E-state index in [0.717, 1.165) is 0 Å². The smallest absolute Gasteiger partial charge is 0.112 e. The highest BCUT2D eigenvalue weighted by atomic mass is 32.2. The number of ether oxygens (including phenoxy) is 1. The molecule has 0 spiro atoms. The van der Waals surface area contributed by atoms with Crippen molar-refractivity contribution in [2.75, 3.05) is 26.6 Å². The van der Waals surface area contributed by atoms with Gasteiger partial charge in [-0.05, 0) is 0 Å². The molecule has 0 aliphatic heterocycles. The summed E-state index contributed by atoms with van der Waals surface area (Å²) in [6, 6.07) is 0. The molecule has 0 radical (unpaired) electrons. The van der Waals surface area contributed by atoms with Gasteiger partial charge in [-0.3, -0.25) is 4.84 Å². The van der Waals surface area contributed by atoms with Crippen molar-refractivity contribution >= 4 is 11.0 Å². The summed E-state index contributed by atoms with van der Waals surface area (Å²) in [6.07, 6.45) is 1.49. The van der Waals surface area contributed by atoms with E-state index in [4.69, 9.17) is 0 Å². The lowest BCUT2D eigenvalue weighted by molar-refractivity contribution is 0.0464. The molecular weight excluding hydrogens is 142 g/mol. The number of hydrogen-bond acceptors (Lipinski definition) is 3. The van der Waals surface area contributed by atoms with E-state index in [1.165, 1.54) is 6.26 Å². The quantitative estimate of drug-likeness (QED) is 0.426. The van der Waals surface area contributed by atoms with Crippen molar-refractivity contribution in [3.63, 3.8) is 0 Å². The van der Waals surface area contributed by atoms with Gasteiger partial charge in [-0.25, -0.2) is 4.21 Å². The van der Waals surface area contributed by atoms with Crippen LogP contribution >= 0.6 is 0 Å². The molecule has 56 valence electrons. The third-order valence-corrected chi connectivity index (χ3v) is 0.918. The van der Waals surface area contributed by atoms with Gasteiger partial charge in [0.05, 0.1) is 13.2 Å². The molecule has 4 nitrogen and oxygen atoms in total. The fourth-order valence-electron chi connectivity index (χ4n) is 0.250. The zero-order valence-electron chi connectivity index (χ0n) is 5.55. The van der Waals surface area contributed by atoms with Gasteiger partial charge in [0, 0.05) is 13.4 Å². The van der Waals surface area contributed by atoms with Crippen LogP contribution in [-0.2, 0) is 20.6 Å². The van der Waals surface area contributed by atoms with Crippen LogP contribution in [0.2, 0.25) is 0 Å². The second-order valence-corrected chi connectivity index (χ2v) is 2.45. The van der Waals surface area contributed by atoms with Crippen molar-refractivity contribution in [1.82, 2.24) is 4.89 Å². The summed E-state index contributed by atoms with van der Waals surface area (Å²) < 4.78 is 14.9. The van der Waals surface area contributed by atoms with Crippen LogP contribution in [0.1, 0.15) is 0 Å². The SMILES string of the molecule is COCCONS(C)=O. The number of nitrogens with one attached hydrogen (secondary N) is 1. The maximum Gasteiger partial charge on any atom is 0.112 e. The first kappa shape index (κ1) is 9.03. The van der Waals surface area contributed by atoms with Gasteiger partial charge in [0.15, 0.2) is 0 Å². The second-order valence-electron chi connectivity index (χ2n) is 1.38. The Labute approximate surface area is 57.1 Å². The van der Waals surface area contributed by atoms with Gasteiger partial charge in [-0.15, -0.1) is 4.89 Å². The van der Waals surface area contributed by atoms with Gasteiger partial charge >= 0.3 is 0 Å². The first-order valence-corrected chi connectivity index (χ1v) is 4.03. The molecule has 1 N–H and O–H groups in total. The summed E-state index contributed by atoms with van der Waals surface area (Å²) in [7, 11) is 0.479. The van der Waals surface area contributed by atoms with E-state index in [2.05, 4.69) is 14.5 Å². The number of hydrogen-bond donors (Lipinski definition) is 1. The molecule has 0 aliphatic carbocycles. The highest BCUT2D eigenvalue weighted by molar-refractivity contribution is 7.82. The molecule has 0 amide bonds. The zero-order valence-corrected chi connectivity index (χ0v) is 6.36. The Morgan fingerprint density at radius 3 is 2.67 bits per heavy atom. The third kappa shape index (κ3) is 8.03. The maximum atomic E-state index is 10.2. The monoisotopic (exact) mass is 153 g/mol. The van der Waals surface area contributed by atoms with Crippen molar-refractivity contribution < 1.29 is 13.8 Å². The predicted octanol–water partition coefficient (Wildman–Crippen LogP) is -0.553. The van der Waals surface area contributed by atoms with E-state index in [1.807, 2.05) is 0 Å². The van der Waals surface area contributed by atoms with Crippen LogP contribution in [0.3, 0.4) is 0 Å². The molecule has 0 saturated heterocycles. The van der Waals surface area contributed by atoms with Crippen LogP contribution in [-0.4, -0.2) is 30.8 Å². The lowest BCUT2D eigenvalue weighted by Crippen LogP contribution is -2.18. The van der Waals surface area contributed by atoms with Crippen molar-refractivity contribution in [3.8, 4) is 0 Å². The summed E-state index contributed by atoms with van der Waals surface area (Å²) in [6.45, 7) is 0.917. The van der Waals surface area contributed by atoms with Gasteiger partial charge in [0.2, 0.25) is 0 Å². The molecule has 0 aromatic rings. The van der Waals surface area contributed by atoms with E-state index in [-0.39, 0.29) is 0 Å². The number of rotatable bonds is 5. The summed E-state index contributed by atoms with van der Waals surface area (Å²) in [5, 5.41) is 0. The Balaban J connectivity index is 2.83. The average molecular weight is 153 g/mol. The van der Waals surface area contributed by atoms with E-state index in [0.29, 0.717) is 13.2 Å². The van der Waals surface area contributed by atoms with Gasteiger partial charge in [-0.2, -0.15) is 0 Å². The van der Waals surface area contributed by atoms with E-state index < -0.39 is 11.0 Å². The lowest BCUT2D eigenvalue weighted by atomic mass is 10.8. The van der Waals surface area contributed by atoms with Crippen molar-refractivity contribution in [1.29, 1.82) is 0 Å². The van der Waals surface area contributed by atoms with Crippen LogP contribution in [0.15, 0.2) is 0 Å². The minimum absolute atomic E-state index is 0.413. The summed E-state index contributed by atoms with van der Waals surface area (Å²) >= 11 is 0. The minimum Gasteiger partial charge on any atom is -0.382 e. The Morgan fingerprint density at radius 2 is 2.22 bits per heavy atom. The molecule has 0 aliphatic rings. The molecule has 9 heavy (non-hydrogen) atoms. The van der Waals surface area contributed by atoms with Crippen LogP contribution in [0.25, 0.3) is 0 Å². The fourth-order valence-corrected chi connectivity index (χ4v) is 0.499. The maximum absolute atomic E-state index is 10.2. The van der Waals surface area contributed by atoms with Crippen molar-refractivity contribution in [2.24, 2.45) is 0 Å². The van der Waals surface area contributed by atoms with Crippen LogP contribution in [0.4, 0.5) is 0 Å². The summed E-state index contributed by atoms with van der Waals surface area (Å²) in [5.41, 5.74) is 0. The Morgan fingerprint density at radius 1 is 1.56 bits per heavy atom. The molecule has 0 saturated carbocycles. The van der Waals surface area contributed by atoms with E-state index in [9.17, 15) is 4.21 Å². The first-order chi connectivity index (χ1) is 4.27. The molecular formula is C4H11NO3S. The van der Waals surface area contributed by atoms with Gasteiger partial charge in [0.25, 0.3) is 0 Å². The third-order valence-electron chi connectivity index (χ3n) is 0.566. The molecule has 1 atom stereocenters. The van der Waals surface area contributed by atoms with Gasteiger partial charge in [0.1, 0.15) is 11.0 Å². The minimum atomic E-state index is -1.10. The normalized spacial score (nSPS) is 13.6. The molecule has 0 fully saturated rings. The summed E-state index contributed by atoms with van der Waals surface area (Å²) in [4.78, 5) is 6.93. The largest absolute Gasteiger partial charge is 0.382 e. The summed E-state index contributed by atoms with van der Waals surface area (Å²) in [5.74, 6) is 0. The highest BCUT2D eigenvalue weighted by Gasteiger charge is 1.86. The average Bonchev–Trinajstić information content (AvgIpc) is 1.80. The Kier molecular flexibility index (Phi) is 6.18. The van der Waals surface area contributed by atoms with Crippen molar-refractivity contribution in [2.45, 2.75) is 0 Å². The molecule has 0 bridgehead atoms. The Bertz CT molecular complexity index is 87.9. The number of methoxy groups -OCH3 is 1. The standard InChI is InChI=1S/C4H11NO3S/c1-7-3-4-8-5-9(2)6/h5H,3-4H2,1-2H3. The van der Waals surface area contributed by atoms with Gasteiger partial charge in [-0.1, -0.05) is 0 Å². The second kappa shape index (κ2) is 6.15. The fraction of sp³-hybridized carbons (Fsp3) is 1.00. The van der Waals surface area contributed by atoms with Crippen LogP contribution in [0.5, 0.6) is 0 Å². The topological polar surface area (TPSA) is 47.6 Å². The first-order valence-electron chi connectivity index (χ1n) is 2.47. The molecule has 0 rings (SSSR count). The molecule has 0 aromatic heterocycles. The van der Waals surface area contributed by atoms with Gasteiger partial charge < -0.3 is 4.74 Å². The van der Waals surface area contributed by atoms with Crippen LogP contribution < -0.4 is 4.89 Å². The van der Waals surface area contributed by atoms with E-state index in [1.54, 1.807) is 7.11 Å². The molecule has 1 unspecified atom stereocenters. The molecule has 0 heterocycles. The molecule has 5 heteroatoms. The van der Waals surface area contributed by atoms with Crippen LogP contribution in [0, 0.1) is 0 Å². The Hall–Kier alpha value is 0.0300. The highest BCUT2D eigenvalue weighted by Crippen LogP contribution is 1.70. The van der Waals surface area contributed by atoms with Crippen molar-refractivity contribution in [3.05, 3.63) is 0 Å². The molecule has 0 aromatic carbocycles.